The summed E-state index contributed by atoms with van der Waals surface area (Å²) in [6.07, 6.45) is 4.42. The molecule has 3 aromatic carbocycles. The fraction of sp³-hybridized carbons (Fsp3) is 0.241. The number of aliphatic hydroxyl groups is 1. The van der Waals surface area contributed by atoms with E-state index in [1.54, 1.807) is 0 Å². The number of hydrogen-bond donors (Lipinski definition) is 3. The Morgan fingerprint density at radius 1 is 0.973 bits per heavy atom. The first-order chi connectivity index (χ1) is 18.1. The number of amides is 1. The third kappa shape index (κ3) is 4.51. The Hall–Kier alpha value is -4.30. The van der Waals surface area contributed by atoms with Gasteiger partial charge in [0.15, 0.2) is 5.65 Å². The summed E-state index contributed by atoms with van der Waals surface area (Å²) in [5.41, 5.74) is 10.3. The molecule has 8 nitrogen and oxygen atoms in total. The number of carbonyl (C=O) groups is 1. The van der Waals surface area contributed by atoms with Gasteiger partial charge in [-0.2, -0.15) is 5.10 Å². The van der Waals surface area contributed by atoms with Crippen molar-refractivity contribution in [3.8, 4) is 11.3 Å². The number of fused-ring (bicyclic) bond motifs is 2. The van der Waals surface area contributed by atoms with Gasteiger partial charge in [0, 0.05) is 17.7 Å². The number of carbonyl (C=O) groups excluding carboxylic acids is 1. The fourth-order valence-corrected chi connectivity index (χ4v) is 5.15. The Kier molecular flexibility index (Phi) is 6.02. The van der Waals surface area contributed by atoms with E-state index < -0.39 is 0 Å². The minimum atomic E-state index is -0.244. The summed E-state index contributed by atoms with van der Waals surface area (Å²) in [5.74, 6) is 0.288. The third-order valence-corrected chi connectivity index (χ3v) is 7.22. The first kappa shape index (κ1) is 23.1. The molecule has 8 heteroatoms. The molecule has 1 saturated carbocycles. The molecule has 0 atom stereocenters. The van der Waals surface area contributed by atoms with Crippen LogP contribution in [0.25, 0.3) is 33.1 Å². The maximum absolute atomic E-state index is 12.7. The number of anilines is 1. The molecule has 4 N–H and O–H groups in total. The number of rotatable bonds is 5. The number of nitrogens with zero attached hydrogens (tertiary/aromatic N) is 4. The van der Waals surface area contributed by atoms with Gasteiger partial charge in [-0.05, 0) is 54.2 Å². The van der Waals surface area contributed by atoms with Crippen molar-refractivity contribution in [1.82, 2.24) is 25.1 Å². The molecule has 0 aliphatic heterocycles. The quantitative estimate of drug-likeness (QED) is 0.329. The van der Waals surface area contributed by atoms with E-state index in [1.165, 1.54) is 6.33 Å². The van der Waals surface area contributed by atoms with Crippen LogP contribution in [0.2, 0.25) is 0 Å². The monoisotopic (exact) mass is 492 g/mol. The molecule has 6 rings (SSSR count). The highest BCUT2D eigenvalue weighted by atomic mass is 16.3. The summed E-state index contributed by atoms with van der Waals surface area (Å²) in [4.78, 5) is 21.4. The molecule has 186 valence electrons. The van der Waals surface area contributed by atoms with E-state index in [9.17, 15) is 9.90 Å². The van der Waals surface area contributed by atoms with Crippen molar-refractivity contribution in [3.05, 3.63) is 84.2 Å². The van der Waals surface area contributed by atoms with Gasteiger partial charge in [-0.3, -0.25) is 4.79 Å². The maximum Gasteiger partial charge on any atom is 0.251 e. The molecule has 0 radical (unpaired) electrons. The normalized spacial score (nSPS) is 17.8. The van der Waals surface area contributed by atoms with E-state index in [4.69, 9.17) is 10.8 Å². The minimum Gasteiger partial charge on any atom is -0.393 e. The molecule has 1 fully saturated rings. The average molecular weight is 493 g/mol. The van der Waals surface area contributed by atoms with Crippen LogP contribution >= 0.6 is 0 Å². The highest BCUT2D eigenvalue weighted by molar-refractivity contribution is 5.99. The van der Waals surface area contributed by atoms with Crippen LogP contribution in [-0.2, 0) is 6.54 Å². The minimum absolute atomic E-state index is 0.109. The molecular weight excluding hydrogens is 464 g/mol. The van der Waals surface area contributed by atoms with Crippen LogP contribution in [0.1, 0.15) is 47.6 Å². The fourth-order valence-electron chi connectivity index (χ4n) is 5.15. The van der Waals surface area contributed by atoms with E-state index in [0.29, 0.717) is 17.9 Å². The number of hydrogen-bond acceptors (Lipinski definition) is 6. The lowest BCUT2D eigenvalue weighted by Gasteiger charge is -2.25. The summed E-state index contributed by atoms with van der Waals surface area (Å²) >= 11 is 0. The second-order valence-electron chi connectivity index (χ2n) is 9.65. The molecule has 1 aliphatic carbocycles. The molecule has 1 amide bonds. The first-order valence-electron chi connectivity index (χ1n) is 12.6. The zero-order chi connectivity index (χ0) is 25.4. The molecule has 1 aliphatic rings. The summed E-state index contributed by atoms with van der Waals surface area (Å²) in [5, 5.41) is 20.7. The third-order valence-electron chi connectivity index (χ3n) is 7.22. The van der Waals surface area contributed by atoms with Crippen LogP contribution in [0, 0.1) is 0 Å². The van der Waals surface area contributed by atoms with E-state index in [2.05, 4.69) is 15.3 Å². The first-order valence-corrected chi connectivity index (χ1v) is 12.6. The highest BCUT2D eigenvalue weighted by Crippen LogP contribution is 2.36. The standard InChI is InChI=1S/C29H28N6O2/c30-27-25-26(34-35(28(25)33-17-32-27)23-11-13-24(36)14-12-23)20-7-5-18(6-8-20)16-31-29(37)22-10-9-19-3-1-2-4-21(19)15-22/h1-10,15,17,23-24,36H,11-14,16H2,(H,31,37)(H2,30,32,33). The molecule has 0 saturated heterocycles. The number of nitrogens with two attached hydrogens (primary N) is 1. The van der Waals surface area contributed by atoms with Gasteiger partial charge in [-0.25, -0.2) is 14.6 Å². The Morgan fingerprint density at radius 3 is 2.51 bits per heavy atom. The maximum atomic E-state index is 12.7. The predicted molar refractivity (Wildman–Crippen MR) is 144 cm³/mol. The lowest BCUT2D eigenvalue weighted by atomic mass is 9.93. The second-order valence-corrected chi connectivity index (χ2v) is 9.65. The summed E-state index contributed by atoms with van der Waals surface area (Å²) in [7, 11) is 0. The highest BCUT2D eigenvalue weighted by Gasteiger charge is 2.26. The van der Waals surface area contributed by atoms with Crippen molar-refractivity contribution in [2.45, 2.75) is 44.4 Å². The molecular formula is C29H28N6O2. The Bertz CT molecular complexity index is 1590. The largest absolute Gasteiger partial charge is 0.393 e. The molecule has 2 aromatic heterocycles. The van der Waals surface area contributed by atoms with Crippen LogP contribution in [0.3, 0.4) is 0 Å². The predicted octanol–water partition coefficient (Wildman–Crippen LogP) is 4.63. The number of aromatic nitrogens is 4. The van der Waals surface area contributed by atoms with Crippen molar-refractivity contribution in [2.24, 2.45) is 0 Å². The lowest BCUT2D eigenvalue weighted by molar-refractivity contribution is 0.0951. The van der Waals surface area contributed by atoms with E-state index in [1.807, 2.05) is 71.4 Å². The molecule has 0 bridgehead atoms. The molecule has 5 aromatic rings. The molecule has 0 unspecified atom stereocenters. The van der Waals surface area contributed by atoms with Gasteiger partial charge in [-0.15, -0.1) is 0 Å². The van der Waals surface area contributed by atoms with Crippen LogP contribution in [0.15, 0.2) is 73.1 Å². The topological polar surface area (TPSA) is 119 Å². The number of nitrogens with one attached hydrogen (secondary N) is 1. The van der Waals surface area contributed by atoms with Gasteiger partial charge in [-0.1, -0.05) is 54.6 Å². The lowest BCUT2D eigenvalue weighted by Crippen LogP contribution is -2.22. The molecule has 2 heterocycles. The van der Waals surface area contributed by atoms with E-state index in [-0.39, 0.29) is 18.1 Å². The molecule has 37 heavy (non-hydrogen) atoms. The van der Waals surface area contributed by atoms with Crippen LogP contribution < -0.4 is 11.1 Å². The van der Waals surface area contributed by atoms with Gasteiger partial charge in [0.25, 0.3) is 5.91 Å². The summed E-state index contributed by atoms with van der Waals surface area (Å²) in [6.45, 7) is 0.413. The van der Waals surface area contributed by atoms with Crippen molar-refractivity contribution < 1.29 is 9.90 Å². The van der Waals surface area contributed by atoms with Crippen LogP contribution in [0.4, 0.5) is 5.82 Å². The summed E-state index contributed by atoms with van der Waals surface area (Å²) < 4.78 is 1.95. The average Bonchev–Trinajstić information content (AvgIpc) is 3.33. The number of nitrogen functional groups attached to an aromatic ring is 1. The van der Waals surface area contributed by atoms with Gasteiger partial charge in [0.2, 0.25) is 0 Å². The Labute approximate surface area is 214 Å². The van der Waals surface area contributed by atoms with E-state index >= 15 is 0 Å². The van der Waals surface area contributed by atoms with Gasteiger partial charge in [0.1, 0.15) is 17.8 Å². The number of aliphatic hydroxyl groups excluding tert-OH is 1. The van der Waals surface area contributed by atoms with Crippen molar-refractivity contribution in [1.29, 1.82) is 0 Å². The Balaban J connectivity index is 1.22. The van der Waals surface area contributed by atoms with Gasteiger partial charge >= 0.3 is 0 Å². The number of benzene rings is 3. The SMILES string of the molecule is Nc1ncnc2c1c(-c1ccc(CNC(=O)c3ccc4ccccc4c3)cc1)nn2C1CCC(O)CC1. The van der Waals surface area contributed by atoms with Crippen molar-refractivity contribution in [3.63, 3.8) is 0 Å². The Morgan fingerprint density at radius 2 is 1.73 bits per heavy atom. The zero-order valence-corrected chi connectivity index (χ0v) is 20.3. The summed E-state index contributed by atoms with van der Waals surface area (Å²) in [6, 6.07) is 21.8. The van der Waals surface area contributed by atoms with Crippen molar-refractivity contribution >= 4 is 33.5 Å². The molecule has 0 spiro atoms. The zero-order valence-electron chi connectivity index (χ0n) is 20.3. The van der Waals surface area contributed by atoms with Gasteiger partial charge < -0.3 is 16.2 Å². The van der Waals surface area contributed by atoms with Crippen LogP contribution in [0.5, 0.6) is 0 Å². The second kappa shape index (κ2) is 9.63. The van der Waals surface area contributed by atoms with Gasteiger partial charge in [0.05, 0.1) is 17.5 Å². The van der Waals surface area contributed by atoms with Crippen molar-refractivity contribution in [2.75, 3.05) is 5.73 Å². The van der Waals surface area contributed by atoms with Crippen LogP contribution in [-0.4, -0.2) is 36.9 Å². The van der Waals surface area contributed by atoms with E-state index in [0.717, 1.165) is 64.3 Å². The smallest absolute Gasteiger partial charge is 0.251 e.